The molecule has 0 aromatic heterocycles. The lowest BCUT2D eigenvalue weighted by molar-refractivity contribution is 0.0906. The fourth-order valence-electron chi connectivity index (χ4n) is 3.41. The zero-order chi connectivity index (χ0) is 15.3. The largest absolute Gasteiger partial charge is 0.380 e. The van der Waals surface area contributed by atoms with Crippen molar-refractivity contribution in [3.63, 3.8) is 0 Å². The maximum atomic E-state index is 12.7. The van der Waals surface area contributed by atoms with Gasteiger partial charge in [-0.25, -0.2) is 0 Å². The van der Waals surface area contributed by atoms with E-state index < -0.39 is 10.2 Å². The van der Waals surface area contributed by atoms with Crippen LogP contribution in [0.15, 0.2) is 0 Å². The molecule has 0 spiro atoms. The topological polar surface area (TPSA) is 70.7 Å². The van der Waals surface area contributed by atoms with Crippen molar-refractivity contribution in [1.29, 1.82) is 0 Å². The van der Waals surface area contributed by atoms with Crippen LogP contribution in [0.3, 0.4) is 0 Å². The van der Waals surface area contributed by atoms with Gasteiger partial charge in [0.25, 0.3) is 10.2 Å². The van der Waals surface area contributed by atoms with Gasteiger partial charge in [-0.2, -0.15) is 17.4 Å². The molecule has 1 saturated carbocycles. The number of ether oxygens (including phenoxy) is 1. The number of methoxy groups -OCH3 is 1. The zero-order valence-corrected chi connectivity index (χ0v) is 14.0. The van der Waals surface area contributed by atoms with Crippen LogP contribution in [0.25, 0.3) is 0 Å². The Kier molecular flexibility index (Phi) is 6.43. The Morgan fingerprint density at radius 3 is 2.71 bits per heavy atom. The second kappa shape index (κ2) is 7.87. The van der Waals surface area contributed by atoms with E-state index in [2.05, 4.69) is 10.0 Å². The first kappa shape index (κ1) is 17.1. The quantitative estimate of drug-likeness (QED) is 0.730. The third-order valence-electron chi connectivity index (χ3n) is 4.57. The van der Waals surface area contributed by atoms with Gasteiger partial charge in [0, 0.05) is 32.3 Å². The van der Waals surface area contributed by atoms with E-state index in [1.807, 2.05) is 6.92 Å². The van der Waals surface area contributed by atoms with E-state index in [0.29, 0.717) is 6.54 Å². The van der Waals surface area contributed by atoms with Crippen LogP contribution in [0.4, 0.5) is 0 Å². The summed E-state index contributed by atoms with van der Waals surface area (Å²) in [5.74, 6) is 0. The molecule has 3 unspecified atom stereocenters. The Morgan fingerprint density at radius 1 is 1.19 bits per heavy atom. The number of rotatable bonds is 7. The van der Waals surface area contributed by atoms with Gasteiger partial charge in [-0.15, -0.1) is 0 Å². The first-order chi connectivity index (χ1) is 10.1. The third kappa shape index (κ3) is 4.39. The number of likely N-dealkylation sites (N-methyl/N-ethyl adjacent to an activating group) is 1. The van der Waals surface area contributed by atoms with Gasteiger partial charge >= 0.3 is 0 Å². The van der Waals surface area contributed by atoms with Crippen LogP contribution < -0.4 is 10.0 Å². The molecule has 6 nitrogen and oxygen atoms in total. The standard InChI is InChI=1S/C14H29N3O3S/c1-3-15-11-12-7-4-5-10-17(12)21(18,19)16-13-8-6-9-14(13)20-2/h12-16H,3-11H2,1-2H3. The van der Waals surface area contributed by atoms with Crippen molar-refractivity contribution in [1.82, 2.24) is 14.3 Å². The summed E-state index contributed by atoms with van der Waals surface area (Å²) in [6.07, 6.45) is 5.82. The van der Waals surface area contributed by atoms with Crippen molar-refractivity contribution in [3.05, 3.63) is 0 Å². The van der Waals surface area contributed by atoms with Crippen LogP contribution >= 0.6 is 0 Å². The summed E-state index contributed by atoms with van der Waals surface area (Å²) in [6, 6.07) is -0.0136. The van der Waals surface area contributed by atoms with Crippen molar-refractivity contribution in [2.24, 2.45) is 0 Å². The molecule has 124 valence electrons. The number of hydrogen-bond donors (Lipinski definition) is 2. The molecule has 0 radical (unpaired) electrons. The number of nitrogens with one attached hydrogen (secondary N) is 2. The molecule has 0 aromatic rings. The van der Waals surface area contributed by atoms with Crippen LogP contribution in [0, 0.1) is 0 Å². The molecule has 1 aliphatic carbocycles. The molecule has 1 heterocycles. The number of hydrogen-bond acceptors (Lipinski definition) is 4. The number of nitrogens with zero attached hydrogens (tertiary/aromatic N) is 1. The predicted octanol–water partition coefficient (Wildman–Crippen LogP) is 0.852. The molecule has 0 bridgehead atoms. The SMILES string of the molecule is CCNCC1CCCCN1S(=O)(=O)NC1CCCC1OC. The lowest BCUT2D eigenvalue weighted by atomic mass is 10.1. The van der Waals surface area contributed by atoms with E-state index >= 15 is 0 Å². The fourth-order valence-corrected chi connectivity index (χ4v) is 5.14. The molecule has 2 N–H and O–H groups in total. The van der Waals surface area contributed by atoms with E-state index in [1.165, 1.54) is 0 Å². The highest BCUT2D eigenvalue weighted by Gasteiger charge is 2.36. The van der Waals surface area contributed by atoms with Crippen LogP contribution in [0.5, 0.6) is 0 Å². The predicted molar refractivity (Wildman–Crippen MR) is 83.4 cm³/mol. The third-order valence-corrected chi connectivity index (χ3v) is 6.27. The molecule has 1 saturated heterocycles. The zero-order valence-electron chi connectivity index (χ0n) is 13.2. The van der Waals surface area contributed by atoms with Crippen LogP contribution in [-0.2, 0) is 14.9 Å². The summed E-state index contributed by atoms with van der Waals surface area (Å²) in [6.45, 7) is 4.26. The summed E-state index contributed by atoms with van der Waals surface area (Å²) in [7, 11) is -1.77. The molecule has 3 atom stereocenters. The Bertz CT molecular complexity index is 416. The normalized spacial score (nSPS) is 31.6. The lowest BCUT2D eigenvalue weighted by Gasteiger charge is -2.36. The van der Waals surface area contributed by atoms with Gasteiger partial charge in [0.1, 0.15) is 0 Å². The van der Waals surface area contributed by atoms with E-state index in [9.17, 15) is 8.42 Å². The van der Waals surface area contributed by atoms with Crippen molar-refractivity contribution < 1.29 is 13.2 Å². The minimum Gasteiger partial charge on any atom is -0.380 e. The van der Waals surface area contributed by atoms with E-state index in [4.69, 9.17) is 4.74 Å². The summed E-state index contributed by atoms with van der Waals surface area (Å²) >= 11 is 0. The Hall–Kier alpha value is -0.210. The summed E-state index contributed by atoms with van der Waals surface area (Å²) in [4.78, 5) is 0. The smallest absolute Gasteiger partial charge is 0.280 e. The highest BCUT2D eigenvalue weighted by molar-refractivity contribution is 7.87. The van der Waals surface area contributed by atoms with Crippen LogP contribution in [-0.4, -0.2) is 57.7 Å². The molecule has 7 heteroatoms. The van der Waals surface area contributed by atoms with Gasteiger partial charge in [-0.05, 0) is 38.6 Å². The lowest BCUT2D eigenvalue weighted by Crippen LogP contribution is -2.55. The van der Waals surface area contributed by atoms with Gasteiger partial charge in [-0.3, -0.25) is 0 Å². The maximum absolute atomic E-state index is 12.7. The number of piperidine rings is 1. The van der Waals surface area contributed by atoms with Gasteiger partial charge in [-0.1, -0.05) is 13.3 Å². The van der Waals surface area contributed by atoms with Gasteiger partial charge in [0.05, 0.1) is 6.10 Å². The van der Waals surface area contributed by atoms with Gasteiger partial charge in [0.15, 0.2) is 0 Å². The first-order valence-corrected chi connectivity index (χ1v) is 9.55. The molecule has 0 amide bonds. The minimum atomic E-state index is -3.43. The summed E-state index contributed by atoms with van der Waals surface area (Å²) in [5, 5.41) is 3.28. The van der Waals surface area contributed by atoms with E-state index in [1.54, 1.807) is 11.4 Å². The van der Waals surface area contributed by atoms with Crippen LogP contribution in [0.1, 0.15) is 45.4 Å². The Morgan fingerprint density at radius 2 is 2.00 bits per heavy atom. The molecule has 0 aromatic carbocycles. The average Bonchev–Trinajstić information content (AvgIpc) is 2.91. The van der Waals surface area contributed by atoms with Crippen molar-refractivity contribution in [2.75, 3.05) is 26.7 Å². The monoisotopic (exact) mass is 319 g/mol. The maximum Gasteiger partial charge on any atom is 0.280 e. The van der Waals surface area contributed by atoms with Crippen LogP contribution in [0.2, 0.25) is 0 Å². The average molecular weight is 319 g/mol. The first-order valence-electron chi connectivity index (χ1n) is 8.11. The van der Waals surface area contributed by atoms with E-state index in [-0.39, 0.29) is 18.2 Å². The molecular formula is C14H29N3O3S. The van der Waals surface area contributed by atoms with Gasteiger partial charge < -0.3 is 10.1 Å². The highest BCUT2D eigenvalue weighted by Crippen LogP contribution is 2.25. The van der Waals surface area contributed by atoms with Crippen molar-refractivity contribution in [3.8, 4) is 0 Å². The van der Waals surface area contributed by atoms with Crippen molar-refractivity contribution in [2.45, 2.75) is 63.6 Å². The molecular weight excluding hydrogens is 290 g/mol. The Balaban J connectivity index is 2.01. The molecule has 2 rings (SSSR count). The van der Waals surface area contributed by atoms with Crippen molar-refractivity contribution >= 4 is 10.2 Å². The second-order valence-electron chi connectivity index (χ2n) is 6.00. The summed E-state index contributed by atoms with van der Waals surface area (Å²) < 4.78 is 35.3. The fraction of sp³-hybridized carbons (Fsp3) is 1.00. The minimum absolute atomic E-state index is 0.0109. The molecule has 2 aliphatic rings. The Labute approximate surface area is 128 Å². The second-order valence-corrected chi connectivity index (χ2v) is 7.66. The van der Waals surface area contributed by atoms with Gasteiger partial charge in [0.2, 0.25) is 0 Å². The highest BCUT2D eigenvalue weighted by atomic mass is 32.2. The van der Waals surface area contributed by atoms with E-state index in [0.717, 1.165) is 51.6 Å². The molecule has 21 heavy (non-hydrogen) atoms. The molecule has 2 fully saturated rings. The summed E-state index contributed by atoms with van der Waals surface area (Å²) in [5.41, 5.74) is 0. The molecule has 1 aliphatic heterocycles.